The van der Waals surface area contributed by atoms with Gasteiger partial charge in [-0.25, -0.2) is 4.98 Å². The maximum absolute atomic E-state index is 4.39. The molecule has 0 aliphatic heterocycles. The smallest absolute Gasteiger partial charge is 0.122 e. The Labute approximate surface area is 115 Å². The first kappa shape index (κ1) is 13.8. The van der Waals surface area contributed by atoms with Crippen molar-refractivity contribution in [3.05, 3.63) is 54.1 Å². The van der Waals surface area contributed by atoms with Crippen molar-refractivity contribution < 1.29 is 0 Å². The number of nitrogens with zero attached hydrogens (tertiary/aromatic N) is 2. The van der Waals surface area contributed by atoms with E-state index in [-0.39, 0.29) is 0 Å². The van der Waals surface area contributed by atoms with Crippen LogP contribution in [-0.4, -0.2) is 16.1 Å². The fourth-order valence-electron chi connectivity index (χ4n) is 2.20. The SMILES string of the molecule is CCNCc1nccn1CCCCc1ccccc1. The molecule has 3 nitrogen and oxygen atoms in total. The van der Waals surface area contributed by atoms with Crippen LogP contribution in [0.25, 0.3) is 0 Å². The van der Waals surface area contributed by atoms with E-state index >= 15 is 0 Å². The lowest BCUT2D eigenvalue weighted by Gasteiger charge is -2.08. The summed E-state index contributed by atoms with van der Waals surface area (Å²) in [5.74, 6) is 1.14. The molecule has 2 aromatic rings. The van der Waals surface area contributed by atoms with Crippen LogP contribution in [0.4, 0.5) is 0 Å². The monoisotopic (exact) mass is 257 g/mol. The Hall–Kier alpha value is -1.61. The van der Waals surface area contributed by atoms with Crippen molar-refractivity contribution in [1.29, 1.82) is 0 Å². The van der Waals surface area contributed by atoms with Crippen molar-refractivity contribution in [1.82, 2.24) is 14.9 Å². The molecular formula is C16H23N3. The summed E-state index contributed by atoms with van der Waals surface area (Å²) in [6, 6.07) is 10.7. The van der Waals surface area contributed by atoms with Crippen molar-refractivity contribution in [2.75, 3.05) is 6.54 Å². The number of benzene rings is 1. The van der Waals surface area contributed by atoms with E-state index in [2.05, 4.69) is 58.3 Å². The topological polar surface area (TPSA) is 29.9 Å². The van der Waals surface area contributed by atoms with Crippen LogP contribution in [0.1, 0.15) is 31.2 Å². The Bertz CT molecular complexity index is 462. The number of rotatable bonds is 8. The van der Waals surface area contributed by atoms with Crippen LogP contribution in [0, 0.1) is 0 Å². The molecule has 2 rings (SSSR count). The normalized spacial score (nSPS) is 10.8. The third-order valence-corrected chi connectivity index (χ3v) is 3.29. The van der Waals surface area contributed by atoms with Gasteiger partial charge in [0.15, 0.2) is 0 Å². The number of hydrogen-bond acceptors (Lipinski definition) is 2. The van der Waals surface area contributed by atoms with Gasteiger partial charge < -0.3 is 9.88 Å². The second kappa shape index (κ2) is 7.74. The van der Waals surface area contributed by atoms with Crippen molar-refractivity contribution in [2.24, 2.45) is 0 Å². The molecule has 0 amide bonds. The molecule has 0 aliphatic rings. The van der Waals surface area contributed by atoms with Gasteiger partial charge in [0.05, 0.1) is 6.54 Å². The van der Waals surface area contributed by atoms with Crippen LogP contribution in [-0.2, 0) is 19.5 Å². The van der Waals surface area contributed by atoms with Crippen molar-refractivity contribution in [3.63, 3.8) is 0 Å². The lowest BCUT2D eigenvalue weighted by molar-refractivity contribution is 0.565. The highest BCUT2D eigenvalue weighted by molar-refractivity contribution is 5.14. The van der Waals surface area contributed by atoms with E-state index in [1.54, 1.807) is 0 Å². The van der Waals surface area contributed by atoms with E-state index < -0.39 is 0 Å². The minimum absolute atomic E-state index is 0.863. The first-order valence-electron chi connectivity index (χ1n) is 7.15. The van der Waals surface area contributed by atoms with Crippen molar-refractivity contribution >= 4 is 0 Å². The Morgan fingerprint density at radius 2 is 2.00 bits per heavy atom. The van der Waals surface area contributed by atoms with Crippen LogP contribution in [0.2, 0.25) is 0 Å². The highest BCUT2D eigenvalue weighted by Gasteiger charge is 2.01. The van der Waals surface area contributed by atoms with Gasteiger partial charge in [-0.05, 0) is 31.4 Å². The largest absolute Gasteiger partial charge is 0.334 e. The van der Waals surface area contributed by atoms with Crippen molar-refractivity contribution in [3.8, 4) is 0 Å². The number of hydrogen-bond donors (Lipinski definition) is 1. The van der Waals surface area contributed by atoms with E-state index in [9.17, 15) is 0 Å². The first-order valence-corrected chi connectivity index (χ1v) is 7.15. The van der Waals surface area contributed by atoms with E-state index in [1.165, 1.54) is 18.4 Å². The first-order chi connectivity index (χ1) is 9.40. The number of aromatic nitrogens is 2. The Balaban J connectivity index is 1.72. The summed E-state index contributed by atoms with van der Waals surface area (Å²) in [6.45, 7) is 5.03. The summed E-state index contributed by atoms with van der Waals surface area (Å²) in [6.07, 6.45) is 7.56. The van der Waals surface area contributed by atoms with E-state index in [0.29, 0.717) is 0 Å². The Kier molecular flexibility index (Phi) is 5.63. The second-order valence-electron chi connectivity index (χ2n) is 4.76. The quantitative estimate of drug-likeness (QED) is 0.737. The molecule has 19 heavy (non-hydrogen) atoms. The zero-order valence-electron chi connectivity index (χ0n) is 11.7. The number of nitrogens with one attached hydrogen (secondary N) is 1. The van der Waals surface area contributed by atoms with Crippen LogP contribution in [0.3, 0.4) is 0 Å². The molecule has 0 spiro atoms. The van der Waals surface area contributed by atoms with E-state index in [1.807, 2.05) is 6.20 Å². The molecule has 0 saturated heterocycles. The average Bonchev–Trinajstić information content (AvgIpc) is 2.90. The summed E-state index contributed by atoms with van der Waals surface area (Å²) in [5, 5.41) is 3.32. The molecule has 0 aliphatic carbocycles. The molecule has 0 radical (unpaired) electrons. The zero-order chi connectivity index (χ0) is 13.3. The minimum atomic E-state index is 0.863. The minimum Gasteiger partial charge on any atom is -0.334 e. The second-order valence-corrected chi connectivity index (χ2v) is 4.76. The number of aryl methyl sites for hydroxylation is 2. The molecule has 1 aromatic heterocycles. The van der Waals surface area contributed by atoms with Gasteiger partial charge in [-0.1, -0.05) is 37.3 Å². The lowest BCUT2D eigenvalue weighted by Crippen LogP contribution is -2.16. The van der Waals surface area contributed by atoms with Gasteiger partial charge in [0.2, 0.25) is 0 Å². The maximum atomic E-state index is 4.39. The molecule has 3 heteroatoms. The predicted octanol–water partition coefficient (Wildman–Crippen LogP) is 3.02. The van der Waals surface area contributed by atoms with Crippen LogP contribution in [0.15, 0.2) is 42.7 Å². The fraction of sp³-hybridized carbons (Fsp3) is 0.438. The van der Waals surface area contributed by atoms with Gasteiger partial charge in [-0.15, -0.1) is 0 Å². The summed E-state index contributed by atoms with van der Waals surface area (Å²) < 4.78 is 2.26. The molecule has 1 heterocycles. The maximum Gasteiger partial charge on any atom is 0.122 e. The van der Waals surface area contributed by atoms with Crippen LogP contribution >= 0.6 is 0 Å². The van der Waals surface area contributed by atoms with Gasteiger partial charge in [-0.2, -0.15) is 0 Å². The molecular weight excluding hydrogens is 234 g/mol. The Morgan fingerprint density at radius 3 is 2.79 bits per heavy atom. The van der Waals surface area contributed by atoms with Gasteiger partial charge in [0, 0.05) is 18.9 Å². The summed E-state index contributed by atoms with van der Waals surface area (Å²) >= 11 is 0. The van der Waals surface area contributed by atoms with Gasteiger partial charge in [0.25, 0.3) is 0 Å². The average molecular weight is 257 g/mol. The van der Waals surface area contributed by atoms with E-state index in [0.717, 1.165) is 31.9 Å². The predicted molar refractivity (Wildman–Crippen MR) is 79.0 cm³/mol. The Morgan fingerprint density at radius 1 is 1.16 bits per heavy atom. The molecule has 0 bridgehead atoms. The third kappa shape index (κ3) is 4.52. The van der Waals surface area contributed by atoms with Gasteiger partial charge in [-0.3, -0.25) is 0 Å². The molecule has 0 atom stereocenters. The molecule has 102 valence electrons. The third-order valence-electron chi connectivity index (χ3n) is 3.29. The number of unbranched alkanes of at least 4 members (excludes halogenated alkanes) is 1. The molecule has 0 fully saturated rings. The van der Waals surface area contributed by atoms with E-state index in [4.69, 9.17) is 0 Å². The highest BCUT2D eigenvalue weighted by atomic mass is 15.1. The van der Waals surface area contributed by atoms with Crippen LogP contribution < -0.4 is 5.32 Å². The summed E-state index contributed by atoms with van der Waals surface area (Å²) in [5.41, 5.74) is 1.43. The molecule has 1 aromatic carbocycles. The zero-order valence-corrected chi connectivity index (χ0v) is 11.7. The standard InChI is InChI=1S/C16H23N3/c1-2-17-14-16-18-11-13-19(16)12-7-6-10-15-8-4-3-5-9-15/h3-5,8-9,11,13,17H,2,6-7,10,12,14H2,1H3. The van der Waals surface area contributed by atoms with Gasteiger partial charge in [0.1, 0.15) is 5.82 Å². The summed E-state index contributed by atoms with van der Waals surface area (Å²) in [7, 11) is 0. The molecule has 0 saturated carbocycles. The summed E-state index contributed by atoms with van der Waals surface area (Å²) in [4.78, 5) is 4.39. The van der Waals surface area contributed by atoms with Crippen molar-refractivity contribution in [2.45, 2.75) is 39.3 Å². The van der Waals surface area contributed by atoms with Gasteiger partial charge >= 0.3 is 0 Å². The number of imidazole rings is 1. The lowest BCUT2D eigenvalue weighted by atomic mass is 10.1. The molecule has 1 N–H and O–H groups in total. The fourth-order valence-corrected chi connectivity index (χ4v) is 2.20. The highest BCUT2D eigenvalue weighted by Crippen LogP contribution is 2.07. The van der Waals surface area contributed by atoms with Crippen LogP contribution in [0.5, 0.6) is 0 Å². The molecule has 0 unspecified atom stereocenters.